The number of aromatic nitrogens is 2. The molecule has 88 valence electrons. The topological polar surface area (TPSA) is 37.8 Å². The van der Waals surface area contributed by atoms with Crippen molar-refractivity contribution in [2.24, 2.45) is 0 Å². The van der Waals surface area contributed by atoms with Crippen LogP contribution in [-0.4, -0.2) is 9.97 Å². The summed E-state index contributed by atoms with van der Waals surface area (Å²) in [5, 5.41) is 3.41. The minimum Gasteiger partial charge on any atom is -0.303 e. The van der Waals surface area contributed by atoms with Gasteiger partial charge in [0.1, 0.15) is 5.82 Å². The van der Waals surface area contributed by atoms with Crippen LogP contribution in [0.15, 0.2) is 42.7 Å². The molecule has 2 rings (SSSR count). The van der Waals surface area contributed by atoms with E-state index in [0.717, 1.165) is 5.82 Å². The molecule has 17 heavy (non-hydrogen) atoms. The van der Waals surface area contributed by atoms with Gasteiger partial charge in [-0.05, 0) is 25.5 Å². The molecule has 0 unspecified atom stereocenters. The number of hydrogen-bond donors (Lipinski definition) is 1. The van der Waals surface area contributed by atoms with E-state index in [1.807, 2.05) is 6.07 Å². The Morgan fingerprint density at radius 2 is 1.76 bits per heavy atom. The van der Waals surface area contributed by atoms with Crippen LogP contribution in [-0.2, 0) is 6.54 Å². The molecule has 0 saturated heterocycles. The Morgan fingerprint density at radius 1 is 1.12 bits per heavy atom. The first-order chi connectivity index (χ1) is 8.25. The third-order valence-corrected chi connectivity index (χ3v) is 2.76. The van der Waals surface area contributed by atoms with Gasteiger partial charge in [0.15, 0.2) is 0 Å². The normalized spacial score (nSPS) is 12.4. The van der Waals surface area contributed by atoms with Gasteiger partial charge >= 0.3 is 0 Å². The Morgan fingerprint density at radius 3 is 2.41 bits per heavy atom. The number of hydrogen-bond acceptors (Lipinski definition) is 3. The van der Waals surface area contributed by atoms with E-state index >= 15 is 0 Å². The van der Waals surface area contributed by atoms with Crippen LogP contribution >= 0.6 is 0 Å². The van der Waals surface area contributed by atoms with Crippen molar-refractivity contribution < 1.29 is 0 Å². The summed E-state index contributed by atoms with van der Waals surface area (Å²) in [6.45, 7) is 4.93. The van der Waals surface area contributed by atoms with E-state index in [0.29, 0.717) is 12.6 Å². The minimum absolute atomic E-state index is 0.305. The largest absolute Gasteiger partial charge is 0.303 e. The summed E-state index contributed by atoms with van der Waals surface area (Å²) in [7, 11) is 0. The first-order valence-corrected chi connectivity index (χ1v) is 5.81. The second-order valence-electron chi connectivity index (χ2n) is 4.18. The fourth-order valence-corrected chi connectivity index (χ4v) is 1.64. The zero-order valence-electron chi connectivity index (χ0n) is 10.2. The molecule has 3 nitrogen and oxygen atoms in total. The first-order valence-electron chi connectivity index (χ1n) is 5.81. The number of nitrogens with zero attached hydrogens (tertiary/aromatic N) is 2. The summed E-state index contributed by atoms with van der Waals surface area (Å²) < 4.78 is 0. The summed E-state index contributed by atoms with van der Waals surface area (Å²) in [4.78, 5) is 8.37. The van der Waals surface area contributed by atoms with E-state index in [4.69, 9.17) is 0 Å². The fraction of sp³-hybridized carbons (Fsp3) is 0.286. The van der Waals surface area contributed by atoms with Crippen LogP contribution in [0.1, 0.15) is 29.9 Å². The van der Waals surface area contributed by atoms with Crippen LogP contribution < -0.4 is 5.32 Å². The molecule has 0 bridgehead atoms. The van der Waals surface area contributed by atoms with Crippen molar-refractivity contribution >= 4 is 0 Å². The van der Waals surface area contributed by atoms with Crippen LogP contribution in [0.2, 0.25) is 0 Å². The Kier molecular flexibility index (Phi) is 3.83. The van der Waals surface area contributed by atoms with Crippen molar-refractivity contribution in [1.29, 1.82) is 0 Å². The number of aryl methyl sites for hydroxylation is 1. The van der Waals surface area contributed by atoms with Crippen molar-refractivity contribution in [3.8, 4) is 0 Å². The number of rotatable bonds is 4. The van der Waals surface area contributed by atoms with Gasteiger partial charge in [-0.15, -0.1) is 0 Å². The second-order valence-corrected chi connectivity index (χ2v) is 4.18. The lowest BCUT2D eigenvalue weighted by molar-refractivity contribution is 0.559. The molecule has 1 aromatic heterocycles. The van der Waals surface area contributed by atoms with Crippen LogP contribution in [0.4, 0.5) is 0 Å². The van der Waals surface area contributed by atoms with Crippen LogP contribution in [0.25, 0.3) is 0 Å². The molecule has 0 spiro atoms. The quantitative estimate of drug-likeness (QED) is 0.872. The maximum absolute atomic E-state index is 4.18. The second kappa shape index (κ2) is 5.55. The summed E-state index contributed by atoms with van der Waals surface area (Å²) in [6, 6.07) is 10.7. The predicted octanol–water partition coefficient (Wildman–Crippen LogP) is 2.64. The van der Waals surface area contributed by atoms with E-state index in [-0.39, 0.29) is 0 Å². The average molecular weight is 227 g/mol. The maximum atomic E-state index is 4.18. The van der Waals surface area contributed by atoms with Crippen LogP contribution in [0.3, 0.4) is 0 Å². The van der Waals surface area contributed by atoms with E-state index in [1.165, 1.54) is 11.1 Å². The van der Waals surface area contributed by atoms with Gasteiger partial charge in [0.25, 0.3) is 0 Å². The Balaban J connectivity index is 1.93. The lowest BCUT2D eigenvalue weighted by Crippen LogP contribution is -2.19. The molecule has 0 radical (unpaired) electrons. The molecule has 2 aromatic rings. The SMILES string of the molecule is Cc1ccc([C@H](C)NCc2ncccn2)cc1. The fourth-order valence-electron chi connectivity index (χ4n) is 1.64. The molecular weight excluding hydrogens is 210 g/mol. The maximum Gasteiger partial charge on any atom is 0.141 e. The average Bonchev–Trinajstić information content (AvgIpc) is 2.38. The Hall–Kier alpha value is -1.74. The van der Waals surface area contributed by atoms with Gasteiger partial charge < -0.3 is 5.32 Å². The molecule has 0 amide bonds. The van der Waals surface area contributed by atoms with Crippen LogP contribution in [0, 0.1) is 6.92 Å². The molecule has 1 atom stereocenters. The van der Waals surface area contributed by atoms with Gasteiger partial charge in [0.05, 0.1) is 6.54 Å². The number of benzene rings is 1. The molecule has 1 aromatic carbocycles. The van der Waals surface area contributed by atoms with Gasteiger partial charge in [-0.25, -0.2) is 9.97 Å². The molecule has 0 aliphatic carbocycles. The number of nitrogens with one attached hydrogen (secondary N) is 1. The molecule has 0 fully saturated rings. The summed E-state index contributed by atoms with van der Waals surface area (Å²) >= 11 is 0. The zero-order chi connectivity index (χ0) is 12.1. The van der Waals surface area contributed by atoms with Crippen molar-refractivity contribution in [2.75, 3.05) is 0 Å². The Labute approximate surface area is 102 Å². The van der Waals surface area contributed by atoms with Crippen molar-refractivity contribution in [2.45, 2.75) is 26.4 Å². The molecule has 0 saturated carbocycles. The highest BCUT2D eigenvalue weighted by Gasteiger charge is 2.04. The zero-order valence-corrected chi connectivity index (χ0v) is 10.2. The van der Waals surface area contributed by atoms with Gasteiger partial charge in [-0.1, -0.05) is 29.8 Å². The van der Waals surface area contributed by atoms with E-state index in [1.54, 1.807) is 12.4 Å². The third kappa shape index (κ3) is 3.36. The molecule has 1 heterocycles. The first kappa shape index (κ1) is 11.7. The summed E-state index contributed by atoms with van der Waals surface area (Å²) in [5.74, 6) is 0.825. The highest BCUT2D eigenvalue weighted by molar-refractivity contribution is 5.23. The minimum atomic E-state index is 0.305. The molecule has 3 heteroatoms. The standard InChI is InChI=1S/C14H17N3/c1-11-4-6-13(7-5-11)12(2)17-10-14-15-8-3-9-16-14/h3-9,12,17H,10H2,1-2H3/t12-/m0/s1. The monoisotopic (exact) mass is 227 g/mol. The van der Waals surface area contributed by atoms with Gasteiger partial charge in [0.2, 0.25) is 0 Å². The van der Waals surface area contributed by atoms with E-state index in [9.17, 15) is 0 Å². The molecule has 0 aliphatic rings. The molecule has 0 aliphatic heterocycles. The van der Waals surface area contributed by atoms with Crippen molar-refractivity contribution in [3.05, 3.63) is 59.7 Å². The van der Waals surface area contributed by atoms with Crippen molar-refractivity contribution in [1.82, 2.24) is 15.3 Å². The van der Waals surface area contributed by atoms with Crippen LogP contribution in [0.5, 0.6) is 0 Å². The van der Waals surface area contributed by atoms with E-state index in [2.05, 4.69) is 53.4 Å². The predicted molar refractivity (Wildman–Crippen MR) is 68.5 cm³/mol. The van der Waals surface area contributed by atoms with Gasteiger partial charge in [-0.3, -0.25) is 0 Å². The van der Waals surface area contributed by atoms with Crippen molar-refractivity contribution in [3.63, 3.8) is 0 Å². The lowest BCUT2D eigenvalue weighted by Gasteiger charge is -2.13. The highest BCUT2D eigenvalue weighted by atomic mass is 15.0. The summed E-state index contributed by atoms with van der Waals surface area (Å²) in [5.41, 5.74) is 2.57. The third-order valence-electron chi connectivity index (χ3n) is 2.76. The highest BCUT2D eigenvalue weighted by Crippen LogP contribution is 2.13. The molecular formula is C14H17N3. The lowest BCUT2D eigenvalue weighted by atomic mass is 10.1. The molecule has 1 N–H and O–H groups in total. The van der Waals surface area contributed by atoms with E-state index < -0.39 is 0 Å². The van der Waals surface area contributed by atoms with Gasteiger partial charge in [0, 0.05) is 18.4 Å². The van der Waals surface area contributed by atoms with Gasteiger partial charge in [-0.2, -0.15) is 0 Å². The smallest absolute Gasteiger partial charge is 0.141 e. The summed E-state index contributed by atoms with van der Waals surface area (Å²) in [6.07, 6.45) is 3.53. The Bertz CT molecular complexity index is 451.